The molecule has 0 aliphatic rings. The van der Waals surface area contributed by atoms with Gasteiger partial charge in [-0.1, -0.05) is 19.8 Å². The standard InChI is InChI=1S/C13H18FNO2/c1-3-4-5-8-15-13(16)11-7-6-10(17-2)9-12(11)14/h6-7,9H,3-5,8H2,1-2H3,(H,15,16). The normalized spacial score (nSPS) is 10.1. The van der Waals surface area contributed by atoms with Crippen molar-refractivity contribution in [2.75, 3.05) is 13.7 Å². The molecule has 0 radical (unpaired) electrons. The summed E-state index contributed by atoms with van der Waals surface area (Å²) in [6, 6.07) is 4.22. The van der Waals surface area contributed by atoms with Gasteiger partial charge in [-0.05, 0) is 18.6 Å². The van der Waals surface area contributed by atoms with Crippen molar-refractivity contribution in [3.63, 3.8) is 0 Å². The lowest BCUT2D eigenvalue weighted by atomic mass is 10.2. The highest BCUT2D eigenvalue weighted by Gasteiger charge is 2.11. The van der Waals surface area contributed by atoms with Crippen LogP contribution in [0.2, 0.25) is 0 Å². The van der Waals surface area contributed by atoms with Crippen molar-refractivity contribution in [3.05, 3.63) is 29.6 Å². The second kappa shape index (κ2) is 6.89. The fourth-order valence-electron chi connectivity index (χ4n) is 1.48. The summed E-state index contributed by atoms with van der Waals surface area (Å²) < 4.78 is 18.4. The van der Waals surface area contributed by atoms with Gasteiger partial charge in [0.15, 0.2) is 0 Å². The molecular weight excluding hydrogens is 221 g/mol. The van der Waals surface area contributed by atoms with E-state index in [-0.39, 0.29) is 11.5 Å². The Morgan fingerprint density at radius 2 is 2.18 bits per heavy atom. The van der Waals surface area contributed by atoms with Gasteiger partial charge in [0.25, 0.3) is 5.91 Å². The van der Waals surface area contributed by atoms with E-state index in [1.807, 2.05) is 0 Å². The summed E-state index contributed by atoms with van der Waals surface area (Å²) in [7, 11) is 1.46. The van der Waals surface area contributed by atoms with Crippen LogP contribution in [0, 0.1) is 5.82 Å². The molecule has 1 aromatic carbocycles. The molecular formula is C13H18FNO2. The molecule has 1 N–H and O–H groups in total. The summed E-state index contributed by atoms with van der Waals surface area (Å²) in [6.45, 7) is 2.67. The van der Waals surface area contributed by atoms with E-state index in [0.717, 1.165) is 19.3 Å². The lowest BCUT2D eigenvalue weighted by Crippen LogP contribution is -2.25. The first-order valence-electron chi connectivity index (χ1n) is 5.80. The van der Waals surface area contributed by atoms with Gasteiger partial charge in [0.1, 0.15) is 11.6 Å². The number of carbonyl (C=O) groups excluding carboxylic acids is 1. The van der Waals surface area contributed by atoms with Gasteiger partial charge in [-0.25, -0.2) is 4.39 Å². The topological polar surface area (TPSA) is 38.3 Å². The number of carbonyl (C=O) groups is 1. The summed E-state index contributed by atoms with van der Waals surface area (Å²) >= 11 is 0. The SMILES string of the molecule is CCCCCNC(=O)c1ccc(OC)cc1F. The average Bonchev–Trinajstić information content (AvgIpc) is 2.34. The molecule has 0 saturated carbocycles. The highest BCUT2D eigenvalue weighted by molar-refractivity contribution is 5.94. The summed E-state index contributed by atoms with van der Waals surface area (Å²) in [4.78, 5) is 11.6. The Morgan fingerprint density at radius 3 is 2.76 bits per heavy atom. The highest BCUT2D eigenvalue weighted by atomic mass is 19.1. The van der Waals surface area contributed by atoms with Crippen molar-refractivity contribution < 1.29 is 13.9 Å². The van der Waals surface area contributed by atoms with E-state index in [4.69, 9.17) is 4.74 Å². The number of unbranched alkanes of at least 4 members (excludes halogenated alkanes) is 2. The van der Waals surface area contributed by atoms with E-state index in [1.165, 1.54) is 19.2 Å². The number of hydrogen-bond donors (Lipinski definition) is 1. The molecule has 0 unspecified atom stereocenters. The van der Waals surface area contributed by atoms with Crippen LogP contribution in [0.25, 0.3) is 0 Å². The van der Waals surface area contributed by atoms with Gasteiger partial charge in [0, 0.05) is 12.6 Å². The number of hydrogen-bond acceptors (Lipinski definition) is 2. The molecule has 0 aromatic heterocycles. The van der Waals surface area contributed by atoms with Gasteiger partial charge < -0.3 is 10.1 Å². The first-order valence-corrected chi connectivity index (χ1v) is 5.80. The van der Waals surface area contributed by atoms with Crippen LogP contribution in [0.15, 0.2) is 18.2 Å². The minimum absolute atomic E-state index is 0.0577. The van der Waals surface area contributed by atoms with Gasteiger partial charge in [-0.3, -0.25) is 4.79 Å². The smallest absolute Gasteiger partial charge is 0.254 e. The second-order valence-electron chi connectivity index (χ2n) is 3.81. The molecule has 3 nitrogen and oxygen atoms in total. The number of ether oxygens (including phenoxy) is 1. The number of rotatable bonds is 6. The molecule has 0 atom stereocenters. The van der Waals surface area contributed by atoms with Crippen LogP contribution in [-0.4, -0.2) is 19.6 Å². The fourth-order valence-corrected chi connectivity index (χ4v) is 1.48. The third-order valence-electron chi connectivity index (χ3n) is 2.49. The Balaban J connectivity index is 2.57. The second-order valence-corrected chi connectivity index (χ2v) is 3.81. The summed E-state index contributed by atoms with van der Waals surface area (Å²) in [5.41, 5.74) is 0.0577. The minimum atomic E-state index is -0.558. The zero-order valence-electron chi connectivity index (χ0n) is 10.3. The maximum Gasteiger partial charge on any atom is 0.254 e. The van der Waals surface area contributed by atoms with Crippen LogP contribution in [0.5, 0.6) is 5.75 Å². The zero-order valence-corrected chi connectivity index (χ0v) is 10.3. The highest BCUT2D eigenvalue weighted by Crippen LogP contribution is 2.16. The quantitative estimate of drug-likeness (QED) is 0.775. The third-order valence-corrected chi connectivity index (χ3v) is 2.49. The van der Waals surface area contributed by atoms with Crippen LogP contribution in [0.3, 0.4) is 0 Å². The summed E-state index contributed by atoms with van der Waals surface area (Å²) in [5.74, 6) is -0.524. The van der Waals surface area contributed by atoms with Gasteiger partial charge in [0.05, 0.1) is 12.7 Å². The van der Waals surface area contributed by atoms with Crippen LogP contribution < -0.4 is 10.1 Å². The Bertz CT molecular complexity index is 380. The van der Waals surface area contributed by atoms with Crippen molar-refractivity contribution in [2.45, 2.75) is 26.2 Å². The summed E-state index contributed by atoms with van der Waals surface area (Å²) in [6.07, 6.45) is 3.07. The molecule has 0 heterocycles. The number of amides is 1. The van der Waals surface area contributed by atoms with E-state index in [2.05, 4.69) is 12.2 Å². The molecule has 0 spiro atoms. The molecule has 0 aliphatic heterocycles. The Kier molecular flexibility index (Phi) is 5.46. The zero-order chi connectivity index (χ0) is 12.7. The number of methoxy groups -OCH3 is 1. The number of benzene rings is 1. The summed E-state index contributed by atoms with van der Waals surface area (Å²) in [5, 5.41) is 2.69. The van der Waals surface area contributed by atoms with Gasteiger partial charge in [-0.15, -0.1) is 0 Å². The fraction of sp³-hybridized carbons (Fsp3) is 0.462. The average molecular weight is 239 g/mol. The molecule has 1 aromatic rings. The molecule has 4 heteroatoms. The molecule has 1 rings (SSSR count). The van der Waals surface area contributed by atoms with Crippen molar-refractivity contribution >= 4 is 5.91 Å². The van der Waals surface area contributed by atoms with Gasteiger partial charge >= 0.3 is 0 Å². The molecule has 0 fully saturated rings. The van der Waals surface area contributed by atoms with Gasteiger partial charge in [0.2, 0.25) is 0 Å². The van der Waals surface area contributed by atoms with E-state index < -0.39 is 5.82 Å². The van der Waals surface area contributed by atoms with E-state index in [0.29, 0.717) is 12.3 Å². The van der Waals surface area contributed by atoms with Crippen LogP contribution in [-0.2, 0) is 0 Å². The number of halogens is 1. The molecule has 0 bridgehead atoms. The van der Waals surface area contributed by atoms with Gasteiger partial charge in [-0.2, -0.15) is 0 Å². The molecule has 0 saturated heterocycles. The van der Waals surface area contributed by atoms with Crippen molar-refractivity contribution in [1.29, 1.82) is 0 Å². The Morgan fingerprint density at radius 1 is 1.41 bits per heavy atom. The maximum absolute atomic E-state index is 13.5. The lowest BCUT2D eigenvalue weighted by Gasteiger charge is -2.07. The number of nitrogens with one attached hydrogen (secondary N) is 1. The molecule has 17 heavy (non-hydrogen) atoms. The van der Waals surface area contributed by atoms with E-state index >= 15 is 0 Å². The van der Waals surface area contributed by atoms with Crippen molar-refractivity contribution in [2.24, 2.45) is 0 Å². The van der Waals surface area contributed by atoms with Crippen molar-refractivity contribution in [3.8, 4) is 5.75 Å². The third kappa shape index (κ3) is 4.06. The molecule has 0 aliphatic carbocycles. The van der Waals surface area contributed by atoms with Crippen LogP contribution in [0.4, 0.5) is 4.39 Å². The minimum Gasteiger partial charge on any atom is -0.497 e. The predicted molar refractivity (Wildman–Crippen MR) is 64.8 cm³/mol. The van der Waals surface area contributed by atoms with E-state index in [1.54, 1.807) is 6.07 Å². The molecule has 94 valence electrons. The first-order chi connectivity index (χ1) is 8.19. The maximum atomic E-state index is 13.5. The van der Waals surface area contributed by atoms with Crippen LogP contribution in [0.1, 0.15) is 36.5 Å². The Hall–Kier alpha value is -1.58. The predicted octanol–water partition coefficient (Wildman–Crippen LogP) is 2.75. The lowest BCUT2D eigenvalue weighted by molar-refractivity contribution is 0.0949. The molecule has 1 amide bonds. The van der Waals surface area contributed by atoms with Crippen LogP contribution >= 0.6 is 0 Å². The largest absolute Gasteiger partial charge is 0.497 e. The Labute approximate surface area is 101 Å². The van der Waals surface area contributed by atoms with E-state index in [9.17, 15) is 9.18 Å². The monoisotopic (exact) mass is 239 g/mol. The first kappa shape index (κ1) is 13.5. The van der Waals surface area contributed by atoms with Crippen molar-refractivity contribution in [1.82, 2.24) is 5.32 Å².